The van der Waals surface area contributed by atoms with Crippen LogP contribution in [0.2, 0.25) is 0 Å². The van der Waals surface area contributed by atoms with Crippen molar-refractivity contribution in [2.24, 2.45) is 0 Å². The van der Waals surface area contributed by atoms with Crippen LogP contribution in [0.1, 0.15) is 17.3 Å². The molecule has 0 radical (unpaired) electrons. The highest BCUT2D eigenvalue weighted by Gasteiger charge is 2.15. The van der Waals surface area contributed by atoms with Gasteiger partial charge in [-0.25, -0.2) is 8.78 Å². The fourth-order valence-electron chi connectivity index (χ4n) is 1.80. The summed E-state index contributed by atoms with van der Waals surface area (Å²) in [7, 11) is 0. The quantitative estimate of drug-likeness (QED) is 0.665. The van der Waals surface area contributed by atoms with E-state index in [0.29, 0.717) is 5.69 Å². The van der Waals surface area contributed by atoms with Crippen LogP contribution in [-0.2, 0) is 0 Å². The molecule has 110 valence electrons. The minimum atomic E-state index is -1.11. The smallest absolute Gasteiger partial charge is 0.257 e. The third kappa shape index (κ3) is 3.52. The molecular formula is C15H14F2N2OS. The molecule has 2 aromatic carbocycles. The second kappa shape index (κ2) is 6.58. The molecule has 0 fully saturated rings. The number of anilines is 2. The molecule has 3 nitrogen and oxygen atoms in total. The van der Waals surface area contributed by atoms with Crippen LogP contribution in [-0.4, -0.2) is 11.7 Å². The average Bonchev–Trinajstić information content (AvgIpc) is 2.45. The first kappa shape index (κ1) is 15.3. The van der Waals surface area contributed by atoms with Crippen LogP contribution in [0, 0.1) is 11.6 Å². The number of hydrogen-bond donors (Lipinski definition) is 2. The number of halogens is 2. The van der Waals surface area contributed by atoms with Crippen LogP contribution >= 0.6 is 11.8 Å². The van der Waals surface area contributed by atoms with Gasteiger partial charge >= 0.3 is 0 Å². The molecule has 0 heterocycles. The number of nitrogen functional groups attached to an aromatic ring is 1. The van der Waals surface area contributed by atoms with E-state index in [2.05, 4.69) is 5.32 Å². The summed E-state index contributed by atoms with van der Waals surface area (Å²) in [5, 5.41) is 2.67. The van der Waals surface area contributed by atoms with Gasteiger partial charge in [0.1, 0.15) is 0 Å². The number of rotatable bonds is 4. The maximum atomic E-state index is 13.2. The summed E-state index contributed by atoms with van der Waals surface area (Å²) in [6.07, 6.45) is 0. The van der Waals surface area contributed by atoms with Crippen LogP contribution in [0.15, 0.2) is 41.3 Å². The predicted molar refractivity (Wildman–Crippen MR) is 81.6 cm³/mol. The van der Waals surface area contributed by atoms with Crippen molar-refractivity contribution in [2.75, 3.05) is 16.8 Å². The average molecular weight is 308 g/mol. The molecule has 2 rings (SSSR count). The Hall–Kier alpha value is -2.08. The van der Waals surface area contributed by atoms with Crippen molar-refractivity contribution in [2.45, 2.75) is 11.8 Å². The Labute approximate surface area is 125 Å². The highest BCUT2D eigenvalue weighted by atomic mass is 32.2. The first-order valence-corrected chi connectivity index (χ1v) is 7.29. The molecule has 0 unspecified atom stereocenters. The van der Waals surface area contributed by atoms with E-state index in [9.17, 15) is 13.6 Å². The predicted octanol–water partition coefficient (Wildman–Crippen LogP) is 3.91. The topological polar surface area (TPSA) is 55.1 Å². The summed E-state index contributed by atoms with van der Waals surface area (Å²) in [6, 6.07) is 8.86. The highest BCUT2D eigenvalue weighted by molar-refractivity contribution is 7.99. The van der Waals surface area contributed by atoms with Gasteiger partial charge < -0.3 is 11.1 Å². The summed E-state index contributed by atoms with van der Waals surface area (Å²) in [5.41, 5.74) is 5.98. The number of para-hydroxylation sites is 1. The normalized spacial score (nSPS) is 10.4. The zero-order valence-corrected chi connectivity index (χ0v) is 12.1. The Morgan fingerprint density at radius 2 is 1.90 bits per heavy atom. The zero-order valence-electron chi connectivity index (χ0n) is 11.3. The summed E-state index contributed by atoms with van der Waals surface area (Å²) in [4.78, 5) is 13.1. The molecule has 0 bridgehead atoms. The Balaban J connectivity index is 2.28. The van der Waals surface area contributed by atoms with E-state index in [1.54, 1.807) is 23.9 Å². The molecule has 0 spiro atoms. The number of carbonyl (C=O) groups excluding carboxylic acids is 1. The molecule has 0 saturated heterocycles. The second-order valence-corrected chi connectivity index (χ2v) is 5.54. The van der Waals surface area contributed by atoms with Crippen molar-refractivity contribution in [3.63, 3.8) is 0 Å². The third-order valence-corrected chi connectivity index (χ3v) is 3.73. The van der Waals surface area contributed by atoms with Gasteiger partial charge in [-0.2, -0.15) is 0 Å². The van der Waals surface area contributed by atoms with Crippen LogP contribution in [0.4, 0.5) is 20.2 Å². The van der Waals surface area contributed by atoms with Gasteiger partial charge in [0.15, 0.2) is 11.6 Å². The van der Waals surface area contributed by atoms with Crippen LogP contribution in [0.3, 0.4) is 0 Å². The fourth-order valence-corrected chi connectivity index (χ4v) is 2.56. The van der Waals surface area contributed by atoms with E-state index in [1.807, 2.05) is 19.1 Å². The van der Waals surface area contributed by atoms with Gasteiger partial charge in [0.2, 0.25) is 0 Å². The molecule has 0 aliphatic rings. The molecular weight excluding hydrogens is 294 g/mol. The molecule has 6 heteroatoms. The summed E-state index contributed by atoms with van der Waals surface area (Å²) in [6.45, 7) is 2.00. The van der Waals surface area contributed by atoms with E-state index >= 15 is 0 Å². The lowest BCUT2D eigenvalue weighted by Crippen LogP contribution is -2.15. The summed E-state index contributed by atoms with van der Waals surface area (Å²) >= 11 is 1.57. The van der Waals surface area contributed by atoms with E-state index in [-0.39, 0.29) is 11.3 Å². The Morgan fingerprint density at radius 1 is 1.24 bits per heavy atom. The van der Waals surface area contributed by atoms with Crippen molar-refractivity contribution in [3.05, 3.63) is 53.6 Å². The maximum Gasteiger partial charge on any atom is 0.257 e. The molecule has 0 aliphatic carbocycles. The van der Waals surface area contributed by atoms with Gasteiger partial charge in [-0.1, -0.05) is 19.1 Å². The molecule has 21 heavy (non-hydrogen) atoms. The first-order valence-electron chi connectivity index (χ1n) is 6.30. The fraction of sp³-hybridized carbons (Fsp3) is 0.133. The van der Waals surface area contributed by atoms with Crippen molar-refractivity contribution < 1.29 is 13.6 Å². The van der Waals surface area contributed by atoms with Gasteiger partial charge in [-0.05, 0) is 24.0 Å². The van der Waals surface area contributed by atoms with Crippen molar-refractivity contribution in [1.29, 1.82) is 0 Å². The lowest BCUT2D eigenvalue weighted by Gasteiger charge is -2.11. The number of nitrogens with two attached hydrogens (primary N) is 1. The number of nitrogens with one attached hydrogen (secondary N) is 1. The third-order valence-electron chi connectivity index (χ3n) is 2.77. The molecule has 1 amide bonds. The van der Waals surface area contributed by atoms with Crippen LogP contribution < -0.4 is 11.1 Å². The van der Waals surface area contributed by atoms with E-state index in [1.165, 1.54) is 0 Å². The first-order chi connectivity index (χ1) is 10.0. The summed E-state index contributed by atoms with van der Waals surface area (Å²) < 4.78 is 26.3. The Bertz CT molecular complexity index is 677. The largest absolute Gasteiger partial charge is 0.398 e. The van der Waals surface area contributed by atoms with Gasteiger partial charge in [0.25, 0.3) is 5.91 Å². The molecule has 0 atom stereocenters. The number of hydrogen-bond acceptors (Lipinski definition) is 3. The zero-order chi connectivity index (χ0) is 15.4. The van der Waals surface area contributed by atoms with E-state index < -0.39 is 17.5 Å². The maximum absolute atomic E-state index is 13.2. The number of benzene rings is 2. The van der Waals surface area contributed by atoms with Crippen molar-refractivity contribution >= 4 is 29.0 Å². The second-order valence-electron chi connectivity index (χ2n) is 4.24. The van der Waals surface area contributed by atoms with Crippen molar-refractivity contribution in [3.8, 4) is 0 Å². The van der Waals surface area contributed by atoms with Gasteiger partial charge in [0, 0.05) is 16.6 Å². The highest BCUT2D eigenvalue weighted by Crippen LogP contribution is 2.27. The number of thioether (sulfide) groups is 1. The Kier molecular flexibility index (Phi) is 4.80. The molecule has 3 N–H and O–H groups in total. The molecule has 0 saturated carbocycles. The molecule has 0 aromatic heterocycles. The number of amides is 1. The SMILES string of the molecule is CCSc1ccccc1NC(=O)c1cc(F)c(F)cc1N. The minimum Gasteiger partial charge on any atom is -0.398 e. The minimum absolute atomic E-state index is 0.0924. The van der Waals surface area contributed by atoms with Crippen LogP contribution in [0.5, 0.6) is 0 Å². The molecule has 0 aliphatic heterocycles. The lowest BCUT2D eigenvalue weighted by atomic mass is 10.1. The molecule has 2 aromatic rings. The van der Waals surface area contributed by atoms with E-state index in [0.717, 1.165) is 22.8 Å². The summed E-state index contributed by atoms with van der Waals surface area (Å²) in [5.74, 6) is -1.91. The monoisotopic (exact) mass is 308 g/mol. The van der Waals surface area contributed by atoms with Crippen molar-refractivity contribution in [1.82, 2.24) is 0 Å². The lowest BCUT2D eigenvalue weighted by molar-refractivity contribution is 0.102. The van der Waals surface area contributed by atoms with Gasteiger partial charge in [-0.15, -0.1) is 11.8 Å². The van der Waals surface area contributed by atoms with Gasteiger partial charge in [0.05, 0.1) is 11.3 Å². The Morgan fingerprint density at radius 3 is 2.62 bits per heavy atom. The van der Waals surface area contributed by atoms with Gasteiger partial charge in [-0.3, -0.25) is 4.79 Å². The number of carbonyl (C=O) groups is 1. The standard InChI is InChI=1S/C15H14F2N2OS/c1-2-21-14-6-4-3-5-13(14)19-15(20)9-7-10(16)11(17)8-12(9)18/h3-8H,2,18H2,1H3,(H,19,20). The van der Waals surface area contributed by atoms with E-state index in [4.69, 9.17) is 5.73 Å². The van der Waals surface area contributed by atoms with Crippen LogP contribution in [0.25, 0.3) is 0 Å².